The van der Waals surface area contributed by atoms with E-state index in [2.05, 4.69) is 12.2 Å². The minimum Gasteiger partial charge on any atom is -0.313 e. The van der Waals surface area contributed by atoms with E-state index in [1.54, 1.807) is 12.1 Å². The second-order valence-corrected chi connectivity index (χ2v) is 3.98. The van der Waals surface area contributed by atoms with E-state index >= 15 is 0 Å². The average molecular weight is 242 g/mol. The fraction of sp³-hybridized carbons (Fsp3) is 0.385. The van der Waals surface area contributed by atoms with Gasteiger partial charge in [-0.05, 0) is 25.1 Å². The molecule has 1 rings (SSSR count). The highest BCUT2D eigenvalue weighted by Gasteiger charge is 2.04. The van der Waals surface area contributed by atoms with Crippen LogP contribution in [0.15, 0.2) is 23.8 Å². The van der Waals surface area contributed by atoms with Crippen molar-refractivity contribution in [3.8, 4) is 0 Å². The maximum absolute atomic E-state index is 13.5. The van der Waals surface area contributed by atoms with Crippen LogP contribution in [-0.4, -0.2) is 13.1 Å². The molecule has 1 aromatic rings. The molecule has 0 spiro atoms. The van der Waals surface area contributed by atoms with E-state index in [9.17, 15) is 4.39 Å². The van der Waals surface area contributed by atoms with Gasteiger partial charge in [0.1, 0.15) is 5.82 Å². The first-order valence-corrected chi connectivity index (χ1v) is 5.91. The maximum atomic E-state index is 13.5. The molecule has 0 aliphatic carbocycles. The molecule has 0 aromatic heterocycles. The molecule has 0 aliphatic heterocycles. The molecule has 0 aliphatic rings. The lowest BCUT2D eigenvalue weighted by atomic mass is 10.1. The molecule has 3 heteroatoms. The van der Waals surface area contributed by atoms with E-state index < -0.39 is 0 Å². The first-order valence-electron chi connectivity index (χ1n) is 5.53. The van der Waals surface area contributed by atoms with Crippen LogP contribution < -0.4 is 5.32 Å². The largest absolute Gasteiger partial charge is 0.313 e. The fourth-order valence-electron chi connectivity index (χ4n) is 1.42. The average Bonchev–Trinajstić information content (AvgIpc) is 2.28. The summed E-state index contributed by atoms with van der Waals surface area (Å²) < 4.78 is 13.5. The normalized spacial score (nSPS) is 11.9. The van der Waals surface area contributed by atoms with Crippen molar-refractivity contribution in [2.45, 2.75) is 20.3 Å². The van der Waals surface area contributed by atoms with Gasteiger partial charge >= 0.3 is 0 Å². The zero-order valence-corrected chi connectivity index (χ0v) is 10.4. The van der Waals surface area contributed by atoms with Crippen molar-refractivity contribution in [3.05, 3.63) is 40.2 Å². The molecule has 1 aromatic carbocycles. The van der Waals surface area contributed by atoms with Crippen molar-refractivity contribution in [2.75, 3.05) is 13.1 Å². The number of hydrogen-bond donors (Lipinski definition) is 1. The monoisotopic (exact) mass is 241 g/mol. The van der Waals surface area contributed by atoms with Gasteiger partial charge in [-0.15, -0.1) is 0 Å². The van der Waals surface area contributed by atoms with Gasteiger partial charge in [0.15, 0.2) is 0 Å². The Hall–Kier alpha value is -0.860. The molecule has 88 valence electrons. The van der Waals surface area contributed by atoms with Crippen molar-refractivity contribution >= 4 is 17.7 Å². The molecule has 0 saturated heterocycles. The molecule has 1 N–H and O–H groups in total. The quantitative estimate of drug-likeness (QED) is 0.825. The van der Waals surface area contributed by atoms with Crippen LogP contribution in [0.4, 0.5) is 4.39 Å². The number of benzene rings is 1. The molecule has 0 atom stereocenters. The molecule has 0 bridgehead atoms. The summed E-state index contributed by atoms with van der Waals surface area (Å²) >= 11 is 5.96. The van der Waals surface area contributed by atoms with Gasteiger partial charge in [-0.3, -0.25) is 0 Å². The third-order valence-electron chi connectivity index (χ3n) is 2.40. The Morgan fingerprint density at radius 2 is 2.19 bits per heavy atom. The Morgan fingerprint density at radius 1 is 1.44 bits per heavy atom. The Balaban J connectivity index is 2.94. The molecule has 0 saturated carbocycles. The number of likely N-dealkylation sites (N-methyl/N-ethyl adjacent to an activating group) is 1. The minimum atomic E-state index is -0.269. The van der Waals surface area contributed by atoms with Crippen molar-refractivity contribution < 1.29 is 4.39 Å². The van der Waals surface area contributed by atoms with E-state index in [1.807, 2.05) is 13.0 Å². The Kier molecular flexibility index (Phi) is 5.50. The van der Waals surface area contributed by atoms with Crippen LogP contribution in [0, 0.1) is 5.82 Å². The molecular weight excluding hydrogens is 225 g/mol. The summed E-state index contributed by atoms with van der Waals surface area (Å²) in [6, 6.07) is 4.75. The van der Waals surface area contributed by atoms with Gasteiger partial charge in [-0.1, -0.05) is 43.2 Å². The molecule has 0 fully saturated rings. The van der Waals surface area contributed by atoms with Gasteiger partial charge in [-0.25, -0.2) is 4.39 Å². The summed E-state index contributed by atoms with van der Waals surface area (Å²) in [5, 5.41) is 3.69. The van der Waals surface area contributed by atoms with E-state index in [4.69, 9.17) is 11.6 Å². The number of nitrogens with one attached hydrogen (secondary N) is 1. The van der Waals surface area contributed by atoms with Gasteiger partial charge in [-0.2, -0.15) is 0 Å². The molecule has 16 heavy (non-hydrogen) atoms. The summed E-state index contributed by atoms with van der Waals surface area (Å²) in [5.74, 6) is -0.269. The van der Waals surface area contributed by atoms with Gasteiger partial charge in [0, 0.05) is 12.1 Å². The maximum Gasteiger partial charge on any atom is 0.131 e. The van der Waals surface area contributed by atoms with Crippen LogP contribution in [0.2, 0.25) is 5.02 Å². The standard InChI is InChI=1S/C13H17ClFN/c1-3-10(9-16-4-2)8-11-12(14)6-5-7-13(11)15/h5-8,16H,3-4,9H2,1-2H3. The predicted octanol–water partition coefficient (Wildman–Crippen LogP) is 3.88. The lowest BCUT2D eigenvalue weighted by molar-refractivity contribution is 0.625. The Labute approximate surface area is 101 Å². The third kappa shape index (κ3) is 3.62. The SMILES string of the molecule is CCNCC(=Cc1c(F)cccc1Cl)CC. The van der Waals surface area contributed by atoms with Gasteiger partial charge in [0.2, 0.25) is 0 Å². The van der Waals surface area contributed by atoms with Gasteiger partial charge in [0.25, 0.3) is 0 Å². The van der Waals surface area contributed by atoms with E-state index in [0.29, 0.717) is 10.6 Å². The summed E-state index contributed by atoms with van der Waals surface area (Å²) in [5.41, 5.74) is 1.63. The van der Waals surface area contributed by atoms with Gasteiger partial charge < -0.3 is 5.32 Å². The van der Waals surface area contributed by atoms with Crippen LogP contribution in [0.3, 0.4) is 0 Å². The van der Waals surface area contributed by atoms with Crippen LogP contribution in [-0.2, 0) is 0 Å². The Bertz CT molecular complexity index is 354. The number of halogens is 2. The van der Waals surface area contributed by atoms with E-state index in [0.717, 1.165) is 25.1 Å². The van der Waals surface area contributed by atoms with Crippen molar-refractivity contribution in [3.63, 3.8) is 0 Å². The van der Waals surface area contributed by atoms with Crippen LogP contribution in [0.25, 0.3) is 6.08 Å². The molecule has 0 amide bonds. The summed E-state index contributed by atoms with van der Waals surface area (Å²) in [4.78, 5) is 0. The zero-order chi connectivity index (χ0) is 12.0. The van der Waals surface area contributed by atoms with E-state index in [-0.39, 0.29) is 5.82 Å². The summed E-state index contributed by atoms with van der Waals surface area (Å²) in [6.07, 6.45) is 2.72. The molecular formula is C13H17ClFN. The predicted molar refractivity (Wildman–Crippen MR) is 68.2 cm³/mol. The Morgan fingerprint density at radius 3 is 2.75 bits per heavy atom. The highest BCUT2D eigenvalue weighted by Crippen LogP contribution is 2.22. The van der Waals surface area contributed by atoms with E-state index in [1.165, 1.54) is 6.07 Å². The topological polar surface area (TPSA) is 12.0 Å². The highest BCUT2D eigenvalue weighted by atomic mass is 35.5. The summed E-state index contributed by atoms with van der Waals surface area (Å²) in [7, 11) is 0. The number of rotatable bonds is 5. The first-order chi connectivity index (χ1) is 7.69. The highest BCUT2D eigenvalue weighted by molar-refractivity contribution is 6.32. The molecule has 0 radical (unpaired) electrons. The smallest absolute Gasteiger partial charge is 0.131 e. The van der Waals surface area contributed by atoms with Crippen molar-refractivity contribution in [1.29, 1.82) is 0 Å². The third-order valence-corrected chi connectivity index (χ3v) is 2.73. The first kappa shape index (κ1) is 13.2. The summed E-state index contributed by atoms with van der Waals surface area (Å²) in [6.45, 7) is 5.78. The second-order valence-electron chi connectivity index (χ2n) is 3.57. The molecule has 0 unspecified atom stereocenters. The van der Waals surface area contributed by atoms with Crippen molar-refractivity contribution in [1.82, 2.24) is 5.32 Å². The molecule has 0 heterocycles. The van der Waals surface area contributed by atoms with Crippen molar-refractivity contribution in [2.24, 2.45) is 0 Å². The fourth-order valence-corrected chi connectivity index (χ4v) is 1.63. The van der Waals surface area contributed by atoms with Crippen LogP contribution in [0.1, 0.15) is 25.8 Å². The minimum absolute atomic E-state index is 0.269. The molecule has 1 nitrogen and oxygen atoms in total. The van der Waals surface area contributed by atoms with Crippen LogP contribution in [0.5, 0.6) is 0 Å². The van der Waals surface area contributed by atoms with Crippen LogP contribution >= 0.6 is 11.6 Å². The second kappa shape index (κ2) is 6.66. The number of hydrogen-bond acceptors (Lipinski definition) is 1. The van der Waals surface area contributed by atoms with Gasteiger partial charge in [0.05, 0.1) is 5.02 Å². The lowest BCUT2D eigenvalue weighted by Crippen LogP contribution is -2.15. The zero-order valence-electron chi connectivity index (χ0n) is 9.69. The lowest BCUT2D eigenvalue weighted by Gasteiger charge is -2.07.